The van der Waals surface area contributed by atoms with Gasteiger partial charge in [-0.05, 0) is 12.3 Å². The van der Waals surface area contributed by atoms with E-state index in [2.05, 4.69) is 0 Å². The number of nitrogens with two attached hydrogens (primary N) is 1. The molecule has 0 fully saturated rings. The summed E-state index contributed by atoms with van der Waals surface area (Å²) in [6.07, 6.45) is 0. The van der Waals surface area contributed by atoms with E-state index in [1.54, 1.807) is 11.3 Å². The second-order valence-electron chi connectivity index (χ2n) is 1.90. The average Bonchev–Trinajstić information content (AvgIpc) is 2.36. The van der Waals surface area contributed by atoms with Crippen LogP contribution in [0.2, 0.25) is 0 Å². The fourth-order valence-corrected chi connectivity index (χ4v) is 1.53. The zero-order valence-corrected chi connectivity index (χ0v) is 6.78. The Kier molecular flexibility index (Phi) is 2.71. The Hall–Kier alpha value is -0.540. The Balaban J connectivity index is 2.70. The van der Waals surface area contributed by atoms with Gasteiger partial charge in [0.2, 0.25) is 0 Å². The Bertz CT molecular complexity index is 197. The summed E-state index contributed by atoms with van der Waals surface area (Å²) in [5.74, 6) is 0.940. The monoisotopic (exact) mass is 157 g/mol. The maximum Gasteiger partial charge on any atom is 0.134 e. The summed E-state index contributed by atoms with van der Waals surface area (Å²) in [4.78, 5) is 0. The van der Waals surface area contributed by atoms with Gasteiger partial charge < -0.3 is 10.5 Å². The lowest BCUT2D eigenvalue weighted by Crippen LogP contribution is -1.98. The molecule has 1 heterocycles. The van der Waals surface area contributed by atoms with Crippen LogP contribution in [0.1, 0.15) is 12.5 Å². The molecule has 1 rings (SSSR count). The minimum absolute atomic E-state index is 0.568. The fraction of sp³-hybridized carbons (Fsp3) is 0.429. The molecule has 0 aliphatic heterocycles. The third kappa shape index (κ3) is 1.49. The molecular weight excluding hydrogens is 146 g/mol. The largest absolute Gasteiger partial charge is 0.493 e. The molecule has 0 saturated carbocycles. The second-order valence-corrected chi connectivity index (χ2v) is 2.64. The molecule has 0 unspecified atom stereocenters. The molecule has 0 aliphatic carbocycles. The van der Waals surface area contributed by atoms with Crippen molar-refractivity contribution in [2.45, 2.75) is 13.5 Å². The van der Waals surface area contributed by atoms with Crippen molar-refractivity contribution >= 4 is 11.3 Å². The van der Waals surface area contributed by atoms with Crippen molar-refractivity contribution in [2.75, 3.05) is 6.61 Å². The van der Waals surface area contributed by atoms with E-state index in [0.717, 1.165) is 11.3 Å². The molecule has 0 radical (unpaired) electrons. The molecule has 0 atom stereocenters. The number of thiophene rings is 1. The number of rotatable bonds is 3. The first-order chi connectivity index (χ1) is 4.88. The summed E-state index contributed by atoms with van der Waals surface area (Å²) in [6.45, 7) is 3.25. The van der Waals surface area contributed by atoms with Crippen LogP contribution in [0.25, 0.3) is 0 Å². The van der Waals surface area contributed by atoms with E-state index in [4.69, 9.17) is 10.5 Å². The number of ether oxygens (including phenoxy) is 1. The van der Waals surface area contributed by atoms with Crippen LogP contribution in [0.3, 0.4) is 0 Å². The minimum Gasteiger partial charge on any atom is -0.493 e. The van der Waals surface area contributed by atoms with E-state index in [1.165, 1.54) is 0 Å². The second kappa shape index (κ2) is 3.58. The van der Waals surface area contributed by atoms with E-state index in [1.807, 2.05) is 17.7 Å². The first kappa shape index (κ1) is 7.57. The lowest BCUT2D eigenvalue weighted by Gasteiger charge is -2.00. The molecule has 0 amide bonds. The first-order valence-corrected chi connectivity index (χ1v) is 4.20. The van der Waals surface area contributed by atoms with Crippen molar-refractivity contribution in [3.63, 3.8) is 0 Å². The molecular formula is C7H11NOS. The Morgan fingerprint density at radius 1 is 1.60 bits per heavy atom. The molecule has 1 aromatic heterocycles. The Labute approximate surface area is 64.6 Å². The molecule has 10 heavy (non-hydrogen) atoms. The Morgan fingerprint density at radius 2 is 2.40 bits per heavy atom. The summed E-state index contributed by atoms with van der Waals surface area (Å²) >= 11 is 1.63. The molecule has 0 spiro atoms. The minimum atomic E-state index is 0.568. The molecule has 2 nitrogen and oxygen atoms in total. The van der Waals surface area contributed by atoms with Crippen molar-refractivity contribution in [1.82, 2.24) is 0 Å². The highest BCUT2D eigenvalue weighted by Crippen LogP contribution is 2.22. The molecule has 0 bridgehead atoms. The van der Waals surface area contributed by atoms with Crippen LogP contribution in [-0.2, 0) is 6.54 Å². The molecule has 3 heteroatoms. The standard InChI is InChI=1S/C7H11NOS/c1-2-9-7-5-10-4-6(7)3-8/h4-5H,2-3,8H2,1H3. The van der Waals surface area contributed by atoms with Gasteiger partial charge in [-0.25, -0.2) is 0 Å². The highest BCUT2D eigenvalue weighted by molar-refractivity contribution is 7.08. The van der Waals surface area contributed by atoms with Crippen LogP contribution in [0.5, 0.6) is 5.75 Å². The van der Waals surface area contributed by atoms with Crippen molar-refractivity contribution < 1.29 is 4.74 Å². The lowest BCUT2D eigenvalue weighted by molar-refractivity contribution is 0.338. The van der Waals surface area contributed by atoms with Gasteiger partial charge in [0.25, 0.3) is 0 Å². The average molecular weight is 157 g/mol. The molecule has 1 aromatic rings. The van der Waals surface area contributed by atoms with Crippen LogP contribution in [0.15, 0.2) is 10.8 Å². The van der Waals surface area contributed by atoms with Gasteiger partial charge in [0.1, 0.15) is 5.75 Å². The van der Waals surface area contributed by atoms with Gasteiger partial charge in [-0.2, -0.15) is 0 Å². The highest BCUT2D eigenvalue weighted by Gasteiger charge is 2.00. The summed E-state index contributed by atoms with van der Waals surface area (Å²) in [5, 5.41) is 4.00. The molecule has 0 aliphatic rings. The van der Waals surface area contributed by atoms with Gasteiger partial charge in [0.15, 0.2) is 0 Å². The molecule has 0 saturated heterocycles. The van der Waals surface area contributed by atoms with E-state index >= 15 is 0 Å². The van der Waals surface area contributed by atoms with E-state index in [9.17, 15) is 0 Å². The summed E-state index contributed by atoms with van der Waals surface area (Å²) in [5.41, 5.74) is 6.56. The molecule has 56 valence electrons. The SMILES string of the molecule is CCOc1cscc1CN. The Morgan fingerprint density at radius 3 is 3.00 bits per heavy atom. The van der Waals surface area contributed by atoms with Crippen molar-refractivity contribution in [2.24, 2.45) is 5.73 Å². The zero-order valence-electron chi connectivity index (χ0n) is 5.96. The van der Waals surface area contributed by atoms with Gasteiger partial charge in [-0.15, -0.1) is 11.3 Å². The first-order valence-electron chi connectivity index (χ1n) is 3.26. The maximum atomic E-state index is 5.45. The van der Waals surface area contributed by atoms with E-state index in [-0.39, 0.29) is 0 Å². The summed E-state index contributed by atoms with van der Waals surface area (Å²) in [7, 11) is 0. The third-order valence-electron chi connectivity index (χ3n) is 1.22. The van der Waals surface area contributed by atoms with E-state index in [0.29, 0.717) is 13.2 Å². The van der Waals surface area contributed by atoms with Crippen LogP contribution in [0.4, 0.5) is 0 Å². The summed E-state index contributed by atoms with van der Waals surface area (Å²) in [6, 6.07) is 0. The number of hydrogen-bond donors (Lipinski definition) is 1. The van der Waals surface area contributed by atoms with Crippen molar-refractivity contribution in [1.29, 1.82) is 0 Å². The van der Waals surface area contributed by atoms with Crippen LogP contribution < -0.4 is 10.5 Å². The third-order valence-corrected chi connectivity index (χ3v) is 1.99. The topological polar surface area (TPSA) is 35.2 Å². The van der Waals surface area contributed by atoms with Crippen LogP contribution >= 0.6 is 11.3 Å². The van der Waals surface area contributed by atoms with Gasteiger partial charge >= 0.3 is 0 Å². The van der Waals surface area contributed by atoms with Gasteiger partial charge in [-0.3, -0.25) is 0 Å². The van der Waals surface area contributed by atoms with Crippen LogP contribution in [0, 0.1) is 0 Å². The quantitative estimate of drug-likeness (QED) is 0.723. The zero-order chi connectivity index (χ0) is 7.40. The van der Waals surface area contributed by atoms with E-state index < -0.39 is 0 Å². The maximum absolute atomic E-state index is 5.45. The van der Waals surface area contributed by atoms with Gasteiger partial charge in [-0.1, -0.05) is 0 Å². The van der Waals surface area contributed by atoms with Gasteiger partial charge in [0, 0.05) is 17.5 Å². The smallest absolute Gasteiger partial charge is 0.134 e. The van der Waals surface area contributed by atoms with Crippen LogP contribution in [-0.4, -0.2) is 6.61 Å². The predicted octanol–water partition coefficient (Wildman–Crippen LogP) is 1.61. The highest BCUT2D eigenvalue weighted by atomic mass is 32.1. The van der Waals surface area contributed by atoms with Gasteiger partial charge in [0.05, 0.1) is 6.61 Å². The van der Waals surface area contributed by atoms with Crippen molar-refractivity contribution in [3.05, 3.63) is 16.3 Å². The molecule has 0 aromatic carbocycles. The predicted molar refractivity (Wildman–Crippen MR) is 43.4 cm³/mol. The summed E-state index contributed by atoms with van der Waals surface area (Å²) < 4.78 is 5.30. The number of hydrogen-bond acceptors (Lipinski definition) is 3. The molecule has 2 N–H and O–H groups in total. The van der Waals surface area contributed by atoms with Crippen molar-refractivity contribution in [3.8, 4) is 5.75 Å². The lowest BCUT2D eigenvalue weighted by atomic mass is 10.3. The normalized spacial score (nSPS) is 9.80. The fourth-order valence-electron chi connectivity index (χ4n) is 0.743.